The van der Waals surface area contributed by atoms with Crippen molar-refractivity contribution in [2.24, 2.45) is 0 Å². The van der Waals surface area contributed by atoms with Crippen molar-refractivity contribution in [2.75, 3.05) is 45.2 Å². The molecule has 3 heteroatoms. The van der Waals surface area contributed by atoms with Gasteiger partial charge in [-0.2, -0.15) is 0 Å². The first-order chi connectivity index (χ1) is 7.61. The van der Waals surface area contributed by atoms with Crippen LogP contribution in [0.15, 0.2) is 24.3 Å². The van der Waals surface area contributed by atoms with Crippen LogP contribution >= 0.6 is 0 Å². The Hall–Kier alpha value is -1.35. The number of nitrogens with zero attached hydrogens (tertiary/aromatic N) is 2. The van der Waals surface area contributed by atoms with Crippen LogP contribution in [-0.2, 0) is 0 Å². The fourth-order valence-electron chi connectivity index (χ4n) is 2.03. The number of benzene rings is 1. The third kappa shape index (κ3) is 2.42. The minimum Gasteiger partial charge on any atom is -0.360 e. The zero-order chi connectivity index (χ0) is 11.6. The summed E-state index contributed by atoms with van der Waals surface area (Å²) < 4.78 is 1.10. The quantitative estimate of drug-likeness (QED) is 0.553. The van der Waals surface area contributed by atoms with Gasteiger partial charge in [-0.1, -0.05) is 0 Å². The van der Waals surface area contributed by atoms with Crippen molar-refractivity contribution in [1.82, 2.24) is 0 Å². The predicted octanol–water partition coefficient (Wildman–Crippen LogP) is 1.40. The first-order valence-electron chi connectivity index (χ1n) is 5.73. The van der Waals surface area contributed by atoms with Gasteiger partial charge < -0.3 is 9.38 Å². The van der Waals surface area contributed by atoms with Gasteiger partial charge in [-0.05, 0) is 24.3 Å². The maximum Gasteiger partial charge on any atom is 0.150 e. The number of likely N-dealkylation sites (N-methyl/N-ethyl adjacent to an activating group) is 1. The molecular formula is C13H19N2O+. The Morgan fingerprint density at radius 3 is 2.19 bits per heavy atom. The number of hydrogen-bond acceptors (Lipinski definition) is 2. The van der Waals surface area contributed by atoms with E-state index in [-0.39, 0.29) is 0 Å². The van der Waals surface area contributed by atoms with Crippen molar-refractivity contribution in [2.45, 2.75) is 0 Å². The third-order valence-corrected chi connectivity index (χ3v) is 3.34. The van der Waals surface area contributed by atoms with E-state index in [1.54, 1.807) is 0 Å². The monoisotopic (exact) mass is 219 g/mol. The van der Waals surface area contributed by atoms with Gasteiger partial charge in [0.25, 0.3) is 0 Å². The minimum atomic E-state index is 0.747. The van der Waals surface area contributed by atoms with Crippen molar-refractivity contribution in [1.29, 1.82) is 0 Å². The SMILES string of the molecule is C[N+]1(C)CCN(c2ccc(C=O)cc2)CC1. The van der Waals surface area contributed by atoms with E-state index in [4.69, 9.17) is 0 Å². The van der Waals surface area contributed by atoms with Crippen molar-refractivity contribution < 1.29 is 9.28 Å². The summed E-state index contributed by atoms with van der Waals surface area (Å²) in [5.74, 6) is 0. The highest BCUT2D eigenvalue weighted by atomic mass is 16.1. The summed E-state index contributed by atoms with van der Waals surface area (Å²) in [5, 5.41) is 0. The van der Waals surface area contributed by atoms with Gasteiger partial charge in [0.2, 0.25) is 0 Å². The number of piperazine rings is 1. The van der Waals surface area contributed by atoms with Crippen molar-refractivity contribution in [3.05, 3.63) is 29.8 Å². The highest BCUT2D eigenvalue weighted by Crippen LogP contribution is 2.18. The molecule has 1 aliphatic rings. The smallest absolute Gasteiger partial charge is 0.150 e. The Labute approximate surface area is 96.9 Å². The molecule has 0 amide bonds. The molecule has 0 N–H and O–H groups in total. The molecule has 86 valence electrons. The van der Waals surface area contributed by atoms with Gasteiger partial charge in [-0.15, -0.1) is 0 Å². The van der Waals surface area contributed by atoms with Crippen LogP contribution in [0, 0.1) is 0 Å². The molecule has 2 rings (SSSR count). The lowest BCUT2D eigenvalue weighted by molar-refractivity contribution is -0.890. The fourth-order valence-corrected chi connectivity index (χ4v) is 2.03. The molecule has 0 saturated carbocycles. The molecule has 0 aliphatic carbocycles. The van der Waals surface area contributed by atoms with Crippen LogP contribution in [0.2, 0.25) is 0 Å². The van der Waals surface area contributed by atoms with Crippen LogP contribution in [0.3, 0.4) is 0 Å². The Morgan fingerprint density at radius 1 is 1.12 bits per heavy atom. The topological polar surface area (TPSA) is 20.3 Å². The van der Waals surface area contributed by atoms with Gasteiger partial charge >= 0.3 is 0 Å². The predicted molar refractivity (Wildman–Crippen MR) is 65.9 cm³/mol. The van der Waals surface area contributed by atoms with Crippen LogP contribution in [-0.4, -0.2) is 51.0 Å². The maximum atomic E-state index is 10.6. The molecule has 1 aromatic carbocycles. The van der Waals surface area contributed by atoms with E-state index in [9.17, 15) is 4.79 Å². The van der Waals surface area contributed by atoms with Crippen LogP contribution in [0.5, 0.6) is 0 Å². The van der Waals surface area contributed by atoms with Gasteiger partial charge in [0, 0.05) is 11.3 Å². The summed E-state index contributed by atoms with van der Waals surface area (Å²) in [6, 6.07) is 7.85. The lowest BCUT2D eigenvalue weighted by Crippen LogP contribution is -2.54. The van der Waals surface area contributed by atoms with E-state index in [2.05, 4.69) is 19.0 Å². The first kappa shape index (κ1) is 11.1. The summed E-state index contributed by atoms with van der Waals surface area (Å²) in [4.78, 5) is 13.0. The molecule has 0 spiro atoms. The molecule has 0 radical (unpaired) electrons. The van der Waals surface area contributed by atoms with Gasteiger partial charge in [0.05, 0.1) is 40.3 Å². The number of carbonyl (C=O) groups is 1. The summed E-state index contributed by atoms with van der Waals surface area (Å²) in [5.41, 5.74) is 1.97. The van der Waals surface area contributed by atoms with E-state index in [1.807, 2.05) is 24.3 Å². The van der Waals surface area contributed by atoms with Crippen molar-refractivity contribution >= 4 is 12.0 Å². The number of carbonyl (C=O) groups excluding carboxylic acids is 1. The Morgan fingerprint density at radius 2 is 1.69 bits per heavy atom. The third-order valence-electron chi connectivity index (χ3n) is 3.34. The Balaban J connectivity index is 2.05. The average molecular weight is 219 g/mol. The lowest BCUT2D eigenvalue weighted by atomic mass is 10.2. The van der Waals surface area contributed by atoms with Gasteiger partial charge in [-0.25, -0.2) is 0 Å². The normalized spacial score (nSPS) is 19.5. The molecular weight excluding hydrogens is 200 g/mol. The molecule has 1 heterocycles. The molecule has 1 fully saturated rings. The van der Waals surface area contributed by atoms with Gasteiger partial charge in [-0.3, -0.25) is 4.79 Å². The second-order valence-electron chi connectivity index (χ2n) is 5.08. The van der Waals surface area contributed by atoms with E-state index >= 15 is 0 Å². The molecule has 1 aliphatic heterocycles. The minimum absolute atomic E-state index is 0.747. The van der Waals surface area contributed by atoms with E-state index in [1.165, 1.54) is 18.8 Å². The standard InChI is InChI=1S/C13H19N2O/c1-15(2)9-7-14(8-10-15)13-5-3-12(11-16)4-6-13/h3-6,11H,7-10H2,1-2H3/q+1. The van der Waals surface area contributed by atoms with E-state index in [0.717, 1.165) is 29.4 Å². The number of hydrogen-bond donors (Lipinski definition) is 0. The molecule has 0 aromatic heterocycles. The average Bonchev–Trinajstić information content (AvgIpc) is 2.29. The zero-order valence-corrected chi connectivity index (χ0v) is 10.0. The molecule has 0 atom stereocenters. The Bertz CT molecular complexity index is 360. The molecule has 3 nitrogen and oxygen atoms in total. The summed E-state index contributed by atoms with van der Waals surface area (Å²) in [6.07, 6.45) is 0.889. The number of anilines is 1. The number of quaternary nitrogens is 1. The van der Waals surface area contributed by atoms with Crippen LogP contribution < -0.4 is 4.90 Å². The summed E-state index contributed by atoms with van der Waals surface area (Å²) >= 11 is 0. The van der Waals surface area contributed by atoms with E-state index in [0.29, 0.717) is 0 Å². The van der Waals surface area contributed by atoms with E-state index < -0.39 is 0 Å². The molecule has 0 unspecified atom stereocenters. The summed E-state index contributed by atoms with van der Waals surface area (Å²) in [7, 11) is 4.54. The zero-order valence-electron chi connectivity index (χ0n) is 10.0. The summed E-state index contributed by atoms with van der Waals surface area (Å²) in [6.45, 7) is 4.53. The molecule has 16 heavy (non-hydrogen) atoms. The lowest BCUT2D eigenvalue weighted by Gasteiger charge is -2.40. The highest BCUT2D eigenvalue weighted by Gasteiger charge is 2.24. The fraction of sp³-hybridized carbons (Fsp3) is 0.462. The maximum absolute atomic E-state index is 10.6. The van der Waals surface area contributed by atoms with Crippen LogP contribution in [0.25, 0.3) is 0 Å². The number of aldehydes is 1. The molecule has 1 aromatic rings. The van der Waals surface area contributed by atoms with Crippen molar-refractivity contribution in [3.8, 4) is 0 Å². The van der Waals surface area contributed by atoms with Crippen LogP contribution in [0.4, 0.5) is 5.69 Å². The molecule has 1 saturated heterocycles. The van der Waals surface area contributed by atoms with Crippen LogP contribution in [0.1, 0.15) is 10.4 Å². The first-order valence-corrected chi connectivity index (χ1v) is 5.73. The van der Waals surface area contributed by atoms with Crippen molar-refractivity contribution in [3.63, 3.8) is 0 Å². The van der Waals surface area contributed by atoms with Gasteiger partial charge in [0.15, 0.2) is 0 Å². The van der Waals surface area contributed by atoms with Gasteiger partial charge in [0.1, 0.15) is 6.29 Å². The second kappa shape index (κ2) is 4.26. The Kier molecular flexibility index (Phi) is 2.97. The highest BCUT2D eigenvalue weighted by molar-refractivity contribution is 5.75. The number of rotatable bonds is 2. The molecule has 0 bridgehead atoms. The largest absolute Gasteiger partial charge is 0.360 e. The second-order valence-corrected chi connectivity index (χ2v) is 5.08.